The van der Waals surface area contributed by atoms with Crippen LogP contribution in [0.3, 0.4) is 0 Å². The molecule has 0 bridgehead atoms. The van der Waals surface area contributed by atoms with Crippen LogP contribution in [0.5, 0.6) is 11.5 Å². The number of hydrogen-bond acceptors (Lipinski definition) is 9. The van der Waals surface area contributed by atoms with Crippen LogP contribution in [0.2, 0.25) is 0 Å². The molecule has 2 amide bonds. The molecule has 3 rings (SSSR count). The number of para-hydroxylation sites is 2. The summed E-state index contributed by atoms with van der Waals surface area (Å²) in [6.07, 6.45) is 1.30. The third kappa shape index (κ3) is 5.56. The molecule has 0 atom stereocenters. The number of anilines is 2. The quantitative estimate of drug-likeness (QED) is 0.296. The normalized spacial score (nSPS) is 10.2. The zero-order valence-electron chi connectivity index (χ0n) is 16.6. The summed E-state index contributed by atoms with van der Waals surface area (Å²) >= 11 is 0. The fraction of sp³-hybridized carbons (Fsp3) is 0.150. The number of rotatable bonds is 8. The third-order valence-electron chi connectivity index (χ3n) is 4.03. The lowest BCUT2D eigenvalue weighted by Gasteiger charge is -2.12. The Labute approximate surface area is 177 Å². The smallest absolute Gasteiger partial charge is 0.273 e. The lowest BCUT2D eigenvalue weighted by molar-refractivity contribution is 0.0951. The molecule has 0 radical (unpaired) electrons. The molecule has 1 heterocycles. The van der Waals surface area contributed by atoms with Crippen molar-refractivity contribution in [2.24, 2.45) is 0 Å². The summed E-state index contributed by atoms with van der Waals surface area (Å²) in [4.78, 5) is 37.0. The molecule has 11 heteroatoms. The monoisotopic (exact) mass is 423 g/mol. The lowest BCUT2D eigenvalue weighted by Crippen LogP contribution is -2.32. The first kappa shape index (κ1) is 21.3. The number of nitrogens with one attached hydrogen (secondary N) is 4. The van der Waals surface area contributed by atoms with E-state index >= 15 is 0 Å². The number of benzene rings is 2. The molecule has 0 saturated heterocycles. The van der Waals surface area contributed by atoms with Crippen LogP contribution < -0.4 is 21.7 Å². The summed E-state index contributed by atoms with van der Waals surface area (Å²) in [5.41, 5.74) is 10.1. The minimum atomic E-state index is -0.585. The van der Waals surface area contributed by atoms with Crippen molar-refractivity contribution in [3.05, 3.63) is 65.5 Å². The topological polar surface area (TPSA) is 161 Å². The number of hydrazine groups is 2. The van der Waals surface area contributed by atoms with Gasteiger partial charge in [-0.3, -0.25) is 31.3 Å². The molecule has 0 aliphatic rings. The fourth-order valence-electron chi connectivity index (χ4n) is 2.56. The predicted octanol–water partition coefficient (Wildman–Crippen LogP) is 1.75. The largest absolute Gasteiger partial charge is 0.507 e. The fourth-order valence-corrected chi connectivity index (χ4v) is 2.56. The Morgan fingerprint density at radius 2 is 1.23 bits per heavy atom. The molecular weight excluding hydrogens is 402 g/mol. The molecule has 3 aromatic rings. The molecule has 0 aliphatic carbocycles. The maximum Gasteiger partial charge on any atom is 0.273 e. The summed E-state index contributed by atoms with van der Waals surface area (Å²) in [5.74, 6) is -1.02. The van der Waals surface area contributed by atoms with Crippen LogP contribution in [0.25, 0.3) is 0 Å². The standard InChI is InChI=1S/C20H21N7O4/c1-2-7-16-21-19(26-24-17(30)12-8-3-5-10-14(12)28)23-20(22-16)27-25-18(31)13-9-4-6-11-15(13)29/h3-6,8-11,28-29H,2,7H2,1H3,(H,24,30)(H,25,31)(H2,21,22,23,26,27). The number of aryl methyl sites for hydroxylation is 1. The maximum atomic E-state index is 12.2. The Balaban J connectivity index is 1.70. The van der Waals surface area contributed by atoms with Crippen LogP contribution in [-0.4, -0.2) is 37.0 Å². The molecule has 160 valence electrons. The van der Waals surface area contributed by atoms with Crippen molar-refractivity contribution < 1.29 is 19.8 Å². The number of nitrogens with zero attached hydrogens (tertiary/aromatic N) is 3. The van der Waals surface area contributed by atoms with E-state index in [1.807, 2.05) is 6.92 Å². The Hall–Kier alpha value is -4.41. The predicted molar refractivity (Wildman–Crippen MR) is 112 cm³/mol. The van der Waals surface area contributed by atoms with Gasteiger partial charge < -0.3 is 10.2 Å². The van der Waals surface area contributed by atoms with E-state index in [0.717, 1.165) is 6.42 Å². The SMILES string of the molecule is CCCc1nc(NNC(=O)c2ccccc2O)nc(NNC(=O)c2ccccc2O)n1. The molecule has 1 aromatic heterocycles. The van der Waals surface area contributed by atoms with Gasteiger partial charge in [-0.1, -0.05) is 31.2 Å². The molecule has 0 saturated carbocycles. The van der Waals surface area contributed by atoms with Crippen LogP contribution in [0.1, 0.15) is 39.9 Å². The summed E-state index contributed by atoms with van der Waals surface area (Å²) in [6, 6.07) is 12.2. The van der Waals surface area contributed by atoms with Gasteiger partial charge in [-0.25, -0.2) is 0 Å². The number of phenolic OH excluding ortho intramolecular Hbond substituents is 2. The zero-order chi connectivity index (χ0) is 22.2. The van der Waals surface area contributed by atoms with E-state index in [0.29, 0.717) is 12.2 Å². The Bertz CT molecular complexity index is 1010. The highest BCUT2D eigenvalue weighted by molar-refractivity contribution is 5.97. The minimum Gasteiger partial charge on any atom is -0.507 e. The van der Waals surface area contributed by atoms with Crippen LogP contribution in [-0.2, 0) is 6.42 Å². The third-order valence-corrected chi connectivity index (χ3v) is 4.03. The van der Waals surface area contributed by atoms with Gasteiger partial charge in [0.1, 0.15) is 17.3 Å². The highest BCUT2D eigenvalue weighted by Crippen LogP contribution is 2.16. The van der Waals surface area contributed by atoms with Crippen molar-refractivity contribution in [3.63, 3.8) is 0 Å². The molecule has 31 heavy (non-hydrogen) atoms. The number of phenols is 2. The van der Waals surface area contributed by atoms with Crippen LogP contribution >= 0.6 is 0 Å². The average molecular weight is 423 g/mol. The maximum absolute atomic E-state index is 12.2. The van der Waals surface area contributed by atoms with Gasteiger partial charge >= 0.3 is 0 Å². The zero-order valence-corrected chi connectivity index (χ0v) is 16.6. The van der Waals surface area contributed by atoms with Gasteiger partial charge in [0, 0.05) is 6.42 Å². The molecule has 0 aliphatic heterocycles. The van der Waals surface area contributed by atoms with E-state index < -0.39 is 11.8 Å². The van der Waals surface area contributed by atoms with Crippen molar-refractivity contribution in [1.29, 1.82) is 0 Å². The molecule has 2 aromatic carbocycles. The van der Waals surface area contributed by atoms with E-state index in [4.69, 9.17) is 0 Å². The number of carbonyl (C=O) groups is 2. The van der Waals surface area contributed by atoms with Gasteiger partial charge in [-0.15, -0.1) is 0 Å². The second kappa shape index (κ2) is 9.87. The molecule has 6 N–H and O–H groups in total. The van der Waals surface area contributed by atoms with Crippen molar-refractivity contribution >= 4 is 23.7 Å². The van der Waals surface area contributed by atoms with Gasteiger partial charge in [-0.2, -0.15) is 15.0 Å². The number of aromatic hydroxyl groups is 2. The van der Waals surface area contributed by atoms with Crippen molar-refractivity contribution in [2.75, 3.05) is 10.9 Å². The molecule has 0 unspecified atom stereocenters. The van der Waals surface area contributed by atoms with Gasteiger partial charge in [-0.05, 0) is 30.7 Å². The van der Waals surface area contributed by atoms with Gasteiger partial charge in [0.05, 0.1) is 11.1 Å². The van der Waals surface area contributed by atoms with Crippen LogP contribution in [0.4, 0.5) is 11.9 Å². The van der Waals surface area contributed by atoms with E-state index in [1.165, 1.54) is 24.3 Å². The lowest BCUT2D eigenvalue weighted by atomic mass is 10.2. The van der Waals surface area contributed by atoms with Crippen molar-refractivity contribution in [2.45, 2.75) is 19.8 Å². The molecule has 0 fully saturated rings. The Morgan fingerprint density at radius 3 is 1.65 bits per heavy atom. The van der Waals surface area contributed by atoms with Crippen molar-refractivity contribution in [3.8, 4) is 11.5 Å². The van der Waals surface area contributed by atoms with Gasteiger partial charge in [0.2, 0.25) is 11.9 Å². The summed E-state index contributed by atoms with van der Waals surface area (Å²) < 4.78 is 0. The summed E-state index contributed by atoms with van der Waals surface area (Å²) in [6.45, 7) is 1.95. The van der Waals surface area contributed by atoms with Crippen molar-refractivity contribution in [1.82, 2.24) is 25.8 Å². The van der Waals surface area contributed by atoms with E-state index in [9.17, 15) is 19.8 Å². The van der Waals surface area contributed by atoms with Gasteiger partial charge in [0.25, 0.3) is 11.8 Å². The van der Waals surface area contributed by atoms with Crippen LogP contribution in [0.15, 0.2) is 48.5 Å². The average Bonchev–Trinajstić information content (AvgIpc) is 2.76. The second-order valence-electron chi connectivity index (χ2n) is 6.34. The molecule has 11 nitrogen and oxygen atoms in total. The Kier molecular flexibility index (Phi) is 6.78. The first-order valence-electron chi connectivity index (χ1n) is 9.41. The minimum absolute atomic E-state index is 0.0292. The Morgan fingerprint density at radius 1 is 0.774 bits per heavy atom. The molecular formula is C20H21N7O4. The van der Waals surface area contributed by atoms with E-state index in [2.05, 4.69) is 36.7 Å². The first-order valence-corrected chi connectivity index (χ1v) is 9.41. The van der Waals surface area contributed by atoms with E-state index in [-0.39, 0.29) is 34.5 Å². The molecule has 0 spiro atoms. The number of carbonyl (C=O) groups excluding carboxylic acids is 2. The number of amides is 2. The van der Waals surface area contributed by atoms with Gasteiger partial charge in [0.15, 0.2) is 0 Å². The summed E-state index contributed by atoms with van der Waals surface area (Å²) in [7, 11) is 0. The summed E-state index contributed by atoms with van der Waals surface area (Å²) in [5, 5.41) is 19.5. The van der Waals surface area contributed by atoms with E-state index in [1.54, 1.807) is 24.3 Å². The number of aromatic nitrogens is 3. The number of hydrogen-bond donors (Lipinski definition) is 6. The first-order chi connectivity index (χ1) is 15.0. The highest BCUT2D eigenvalue weighted by atomic mass is 16.3. The van der Waals surface area contributed by atoms with Crippen LogP contribution in [0, 0.1) is 0 Å². The second-order valence-corrected chi connectivity index (χ2v) is 6.34. The highest BCUT2D eigenvalue weighted by Gasteiger charge is 2.13.